The summed E-state index contributed by atoms with van der Waals surface area (Å²) in [7, 11) is 0. The molecule has 3 rings (SSSR count). The van der Waals surface area contributed by atoms with Crippen molar-refractivity contribution in [1.82, 2.24) is 15.0 Å². The summed E-state index contributed by atoms with van der Waals surface area (Å²) in [4.78, 5) is 1.35. The lowest BCUT2D eigenvalue weighted by molar-refractivity contribution is 0.627. The molecule has 0 amide bonds. The van der Waals surface area contributed by atoms with Crippen LogP contribution in [0.1, 0.15) is 17.4 Å². The van der Waals surface area contributed by atoms with Crippen LogP contribution in [0, 0.1) is 6.92 Å². The van der Waals surface area contributed by atoms with Gasteiger partial charge in [0.05, 0.1) is 12.7 Å². The highest BCUT2D eigenvalue weighted by Gasteiger charge is 2.08. The van der Waals surface area contributed by atoms with Crippen molar-refractivity contribution in [3.63, 3.8) is 0 Å². The molecule has 0 aliphatic carbocycles. The Bertz CT molecular complexity index is 698. The molecule has 2 heterocycles. The van der Waals surface area contributed by atoms with Crippen LogP contribution in [-0.4, -0.2) is 15.0 Å². The summed E-state index contributed by atoms with van der Waals surface area (Å²) < 4.78 is 3.16. The van der Waals surface area contributed by atoms with E-state index in [0.717, 1.165) is 18.9 Å². The minimum Gasteiger partial charge on any atom is -0.362 e. The van der Waals surface area contributed by atoms with E-state index in [9.17, 15) is 0 Å². The number of thiophene rings is 1. The lowest BCUT2D eigenvalue weighted by atomic mass is 10.1. The Kier molecular flexibility index (Phi) is 3.21. The minimum atomic E-state index is 0.799. The van der Waals surface area contributed by atoms with Gasteiger partial charge in [0, 0.05) is 16.1 Å². The van der Waals surface area contributed by atoms with Crippen LogP contribution >= 0.6 is 11.3 Å². The number of benzene rings is 1. The highest BCUT2D eigenvalue weighted by atomic mass is 32.1. The van der Waals surface area contributed by atoms with Crippen molar-refractivity contribution in [3.05, 3.63) is 40.9 Å². The Balaban J connectivity index is 1.79. The van der Waals surface area contributed by atoms with Gasteiger partial charge in [0.15, 0.2) is 5.82 Å². The number of hydrogen-bond acceptors (Lipinski definition) is 4. The van der Waals surface area contributed by atoms with Crippen LogP contribution in [0.5, 0.6) is 0 Å². The van der Waals surface area contributed by atoms with E-state index < -0.39 is 0 Å². The van der Waals surface area contributed by atoms with Crippen LogP contribution in [0.3, 0.4) is 0 Å². The summed E-state index contributed by atoms with van der Waals surface area (Å²) in [6, 6.07) is 8.52. The second-order valence-electron chi connectivity index (χ2n) is 4.46. The van der Waals surface area contributed by atoms with Gasteiger partial charge in [-0.05, 0) is 30.9 Å². The van der Waals surface area contributed by atoms with E-state index >= 15 is 0 Å². The number of hydrogen-bond donors (Lipinski definition) is 1. The summed E-state index contributed by atoms with van der Waals surface area (Å²) in [5.74, 6) is 0.832. The van der Waals surface area contributed by atoms with Crippen molar-refractivity contribution < 1.29 is 0 Å². The van der Waals surface area contributed by atoms with Crippen LogP contribution in [0.25, 0.3) is 10.1 Å². The summed E-state index contributed by atoms with van der Waals surface area (Å²) in [6.07, 6.45) is 1.93. The van der Waals surface area contributed by atoms with E-state index in [1.54, 1.807) is 0 Å². The quantitative estimate of drug-likeness (QED) is 0.791. The van der Waals surface area contributed by atoms with Gasteiger partial charge in [-0.15, -0.1) is 16.4 Å². The van der Waals surface area contributed by atoms with Gasteiger partial charge in [0.25, 0.3) is 0 Å². The molecular weight excluding hydrogens is 256 g/mol. The lowest BCUT2D eigenvalue weighted by Crippen LogP contribution is -1.99. The summed E-state index contributed by atoms with van der Waals surface area (Å²) in [6.45, 7) is 5.87. The van der Waals surface area contributed by atoms with E-state index in [4.69, 9.17) is 0 Å². The maximum atomic E-state index is 4.09. The fourth-order valence-corrected chi connectivity index (χ4v) is 3.25. The number of aryl methyl sites for hydroxylation is 2. The van der Waals surface area contributed by atoms with Gasteiger partial charge in [-0.3, -0.25) is 4.68 Å². The van der Waals surface area contributed by atoms with Crippen molar-refractivity contribution in [3.8, 4) is 0 Å². The van der Waals surface area contributed by atoms with Crippen LogP contribution in [0.4, 0.5) is 5.82 Å². The molecule has 0 bridgehead atoms. The van der Waals surface area contributed by atoms with E-state index in [2.05, 4.69) is 53.7 Å². The molecule has 4 nitrogen and oxygen atoms in total. The van der Waals surface area contributed by atoms with Gasteiger partial charge < -0.3 is 5.32 Å². The predicted molar refractivity (Wildman–Crippen MR) is 79.6 cm³/mol. The van der Waals surface area contributed by atoms with Crippen molar-refractivity contribution >= 4 is 27.2 Å². The van der Waals surface area contributed by atoms with Gasteiger partial charge in [-0.2, -0.15) is 0 Å². The smallest absolute Gasteiger partial charge is 0.168 e. The molecule has 5 heteroatoms. The Morgan fingerprint density at radius 3 is 2.89 bits per heavy atom. The van der Waals surface area contributed by atoms with E-state index in [1.165, 1.54) is 20.5 Å². The molecule has 19 heavy (non-hydrogen) atoms. The Labute approximate surface area is 116 Å². The molecule has 2 aromatic heterocycles. The van der Waals surface area contributed by atoms with Crippen molar-refractivity contribution in [1.29, 1.82) is 0 Å². The molecule has 0 radical (unpaired) electrons. The zero-order chi connectivity index (χ0) is 13.2. The first kappa shape index (κ1) is 12.2. The molecule has 0 aliphatic heterocycles. The van der Waals surface area contributed by atoms with E-state index in [0.29, 0.717) is 0 Å². The molecule has 0 aliphatic rings. The highest BCUT2D eigenvalue weighted by molar-refractivity contribution is 7.19. The zero-order valence-corrected chi connectivity index (χ0v) is 11.9. The molecule has 0 atom stereocenters. The van der Waals surface area contributed by atoms with Gasteiger partial charge in [-0.1, -0.05) is 23.4 Å². The van der Waals surface area contributed by atoms with Crippen LogP contribution in [0.15, 0.2) is 30.5 Å². The third-order valence-electron chi connectivity index (χ3n) is 3.24. The number of anilines is 1. The molecule has 3 aromatic rings. The van der Waals surface area contributed by atoms with Crippen molar-refractivity contribution in [2.24, 2.45) is 0 Å². The molecule has 1 N–H and O–H groups in total. The predicted octanol–water partition coefficient (Wildman–Crippen LogP) is 3.43. The Hall–Kier alpha value is -1.88. The van der Waals surface area contributed by atoms with Gasteiger partial charge in [0.2, 0.25) is 0 Å². The molecule has 1 aromatic carbocycles. The summed E-state index contributed by atoms with van der Waals surface area (Å²) >= 11 is 1.84. The van der Waals surface area contributed by atoms with Crippen LogP contribution < -0.4 is 5.32 Å². The maximum Gasteiger partial charge on any atom is 0.168 e. The minimum absolute atomic E-state index is 0.799. The second kappa shape index (κ2) is 5.01. The highest BCUT2D eigenvalue weighted by Crippen LogP contribution is 2.30. The fraction of sp³-hybridized carbons (Fsp3) is 0.286. The zero-order valence-electron chi connectivity index (χ0n) is 11.1. The summed E-state index contributed by atoms with van der Waals surface area (Å²) in [5.41, 5.74) is 1.36. The molecule has 0 fully saturated rings. The number of nitrogens with zero attached hydrogens (tertiary/aromatic N) is 3. The Morgan fingerprint density at radius 1 is 1.32 bits per heavy atom. The van der Waals surface area contributed by atoms with Crippen molar-refractivity contribution in [2.45, 2.75) is 26.9 Å². The first-order valence-corrected chi connectivity index (χ1v) is 7.20. The molecule has 0 spiro atoms. The lowest BCUT2D eigenvalue weighted by Gasteiger charge is -2.01. The summed E-state index contributed by atoms with van der Waals surface area (Å²) in [5, 5.41) is 12.8. The molecule has 0 unspecified atom stereocenters. The second-order valence-corrected chi connectivity index (χ2v) is 5.60. The first-order valence-electron chi connectivity index (χ1n) is 6.39. The average molecular weight is 272 g/mol. The third kappa shape index (κ3) is 2.33. The topological polar surface area (TPSA) is 42.7 Å². The van der Waals surface area contributed by atoms with Gasteiger partial charge >= 0.3 is 0 Å². The number of rotatable bonds is 4. The number of nitrogens with one attached hydrogen (secondary N) is 1. The molecule has 98 valence electrons. The van der Waals surface area contributed by atoms with Crippen LogP contribution in [-0.2, 0) is 13.1 Å². The first-order chi connectivity index (χ1) is 9.28. The average Bonchev–Trinajstić information content (AvgIpc) is 3.02. The number of aromatic nitrogens is 3. The normalized spacial score (nSPS) is 11.1. The van der Waals surface area contributed by atoms with Gasteiger partial charge in [-0.25, -0.2) is 0 Å². The Morgan fingerprint density at radius 2 is 2.16 bits per heavy atom. The van der Waals surface area contributed by atoms with Crippen molar-refractivity contribution in [2.75, 3.05) is 5.32 Å². The monoisotopic (exact) mass is 272 g/mol. The largest absolute Gasteiger partial charge is 0.362 e. The standard InChI is InChI=1S/C14H16N4S/c1-3-18-9-14(16-17-18)15-8-13-10(2)11-6-4-5-7-12(11)19-13/h4-7,9,15H,3,8H2,1-2H3. The molecule has 0 saturated carbocycles. The maximum absolute atomic E-state index is 4.09. The fourth-order valence-electron chi connectivity index (χ4n) is 2.10. The SMILES string of the molecule is CCn1cc(NCc2sc3ccccc3c2C)nn1. The van der Waals surface area contributed by atoms with E-state index in [-0.39, 0.29) is 0 Å². The van der Waals surface area contributed by atoms with E-state index in [1.807, 2.05) is 22.2 Å². The number of fused-ring (bicyclic) bond motifs is 1. The van der Waals surface area contributed by atoms with Gasteiger partial charge in [0.1, 0.15) is 0 Å². The molecular formula is C14H16N4S. The molecule has 0 saturated heterocycles. The third-order valence-corrected chi connectivity index (χ3v) is 4.51. The van der Waals surface area contributed by atoms with Crippen LogP contribution in [0.2, 0.25) is 0 Å².